The monoisotopic (exact) mass is 442 g/mol. The van der Waals surface area contributed by atoms with Gasteiger partial charge < -0.3 is 15.7 Å². The molecule has 0 aromatic heterocycles. The van der Waals surface area contributed by atoms with Crippen molar-refractivity contribution in [1.82, 2.24) is 4.90 Å². The molecule has 1 aliphatic rings. The molecule has 9 heteroatoms. The van der Waals surface area contributed by atoms with Gasteiger partial charge in [0.15, 0.2) is 0 Å². The molecule has 0 radical (unpaired) electrons. The smallest absolute Gasteiger partial charge is 0.475 e. The van der Waals surface area contributed by atoms with Gasteiger partial charge in [0.25, 0.3) is 0 Å². The number of nitrogens with zero attached hydrogens (tertiary/aromatic N) is 1. The normalized spacial score (nSPS) is 15.1. The third-order valence-electron chi connectivity index (χ3n) is 4.88. The molecule has 0 bridgehead atoms. The van der Waals surface area contributed by atoms with Gasteiger partial charge in [-0.15, -0.1) is 0 Å². The average molecular weight is 442 g/mol. The van der Waals surface area contributed by atoms with Gasteiger partial charge in [-0.05, 0) is 36.0 Å². The molecule has 1 amide bonds. The Morgan fingerprint density at radius 2 is 1.68 bits per heavy atom. The maximum atomic E-state index is 12.4. The van der Waals surface area contributed by atoms with Gasteiger partial charge in [-0.25, -0.2) is 4.79 Å². The molecular formula is C22H29F3N2O4. The molecule has 0 saturated heterocycles. The van der Waals surface area contributed by atoms with Crippen molar-refractivity contribution >= 4 is 17.7 Å². The van der Waals surface area contributed by atoms with Crippen LogP contribution in [0.3, 0.4) is 0 Å². The zero-order valence-corrected chi connectivity index (χ0v) is 17.7. The van der Waals surface area contributed by atoms with Crippen molar-refractivity contribution in [3.05, 3.63) is 47.5 Å². The Bertz CT molecular complexity index is 768. The van der Waals surface area contributed by atoms with E-state index in [9.17, 15) is 22.8 Å². The first-order valence-corrected chi connectivity index (χ1v) is 10.1. The number of halogens is 3. The third-order valence-corrected chi connectivity index (χ3v) is 4.88. The summed E-state index contributed by atoms with van der Waals surface area (Å²) in [5.41, 5.74) is 8.25. The Labute approximate surface area is 179 Å². The summed E-state index contributed by atoms with van der Waals surface area (Å²) in [6, 6.07) is 7.75. The van der Waals surface area contributed by atoms with E-state index < -0.39 is 12.1 Å². The third kappa shape index (κ3) is 8.92. The Hall–Kier alpha value is -2.68. The Kier molecular flexibility index (Phi) is 10.4. The lowest BCUT2D eigenvalue weighted by Gasteiger charge is -2.15. The zero-order chi connectivity index (χ0) is 23.6. The van der Waals surface area contributed by atoms with Crippen LogP contribution in [0, 0.1) is 5.92 Å². The lowest BCUT2D eigenvalue weighted by Crippen LogP contribution is -2.30. The summed E-state index contributed by atoms with van der Waals surface area (Å²) >= 11 is 0. The Morgan fingerprint density at radius 3 is 2.10 bits per heavy atom. The minimum absolute atomic E-state index is 0.0135. The van der Waals surface area contributed by atoms with Gasteiger partial charge in [0.05, 0.1) is 6.04 Å². The van der Waals surface area contributed by atoms with Crippen molar-refractivity contribution in [2.45, 2.75) is 64.8 Å². The number of carboxylic acid groups (broad SMARTS) is 1. The number of carbonyl (C=O) groups excluding carboxylic acids is 2. The number of rotatable bonds is 8. The van der Waals surface area contributed by atoms with E-state index in [4.69, 9.17) is 15.6 Å². The molecule has 0 unspecified atom stereocenters. The van der Waals surface area contributed by atoms with Crippen LogP contribution in [0.1, 0.15) is 50.7 Å². The number of carboxylic acids is 1. The highest BCUT2D eigenvalue weighted by Crippen LogP contribution is 2.23. The zero-order valence-electron chi connectivity index (χ0n) is 17.7. The number of nitrogens with two attached hydrogens (primary N) is 1. The summed E-state index contributed by atoms with van der Waals surface area (Å²) in [5, 5.41) is 7.12. The van der Waals surface area contributed by atoms with Gasteiger partial charge in [0.2, 0.25) is 5.91 Å². The molecule has 0 fully saturated rings. The van der Waals surface area contributed by atoms with Crippen LogP contribution < -0.4 is 5.73 Å². The standard InChI is InChI=1S/C20H28N2O2.C2HF3O2/c1-3-7-15(12-19(23)18(21)4-2)10-11-20(24)22-13-16-8-5-6-9-17(16)14-22;3-2(4,5)1(6)7/h5-6,8-11,15,18H,3-4,7,12-14,21H2,1-2H3;(H,6,7)/b11-10+;/t15-,18-;/m0./s1. The maximum Gasteiger partial charge on any atom is 0.490 e. The fourth-order valence-corrected chi connectivity index (χ4v) is 3.09. The van der Waals surface area contributed by atoms with Gasteiger partial charge in [-0.3, -0.25) is 9.59 Å². The van der Waals surface area contributed by atoms with E-state index >= 15 is 0 Å². The molecule has 0 spiro atoms. The number of hydrogen-bond donors (Lipinski definition) is 2. The van der Waals surface area contributed by atoms with Crippen LogP contribution in [0.2, 0.25) is 0 Å². The second-order valence-corrected chi connectivity index (χ2v) is 7.36. The lowest BCUT2D eigenvalue weighted by molar-refractivity contribution is -0.192. The van der Waals surface area contributed by atoms with Gasteiger partial charge in [-0.1, -0.05) is 50.6 Å². The van der Waals surface area contributed by atoms with Gasteiger partial charge in [-0.2, -0.15) is 13.2 Å². The first-order chi connectivity index (χ1) is 14.5. The molecule has 0 aliphatic carbocycles. The van der Waals surface area contributed by atoms with Gasteiger partial charge in [0.1, 0.15) is 5.78 Å². The van der Waals surface area contributed by atoms with E-state index in [0.29, 0.717) is 25.9 Å². The number of alkyl halides is 3. The van der Waals surface area contributed by atoms with Crippen molar-refractivity contribution in [3.63, 3.8) is 0 Å². The highest BCUT2D eigenvalue weighted by atomic mass is 19.4. The van der Waals surface area contributed by atoms with E-state index in [0.717, 1.165) is 12.8 Å². The van der Waals surface area contributed by atoms with E-state index in [1.807, 2.05) is 30.0 Å². The predicted molar refractivity (Wildman–Crippen MR) is 110 cm³/mol. The van der Waals surface area contributed by atoms with Crippen LogP contribution >= 0.6 is 0 Å². The van der Waals surface area contributed by atoms with Crippen LogP contribution in [0.25, 0.3) is 0 Å². The van der Waals surface area contributed by atoms with Crippen molar-refractivity contribution < 1.29 is 32.7 Å². The van der Waals surface area contributed by atoms with Gasteiger partial charge in [0, 0.05) is 19.5 Å². The first-order valence-electron chi connectivity index (χ1n) is 10.1. The number of ketones is 1. The Balaban J connectivity index is 0.000000592. The van der Waals surface area contributed by atoms with E-state index in [1.54, 1.807) is 6.08 Å². The van der Waals surface area contributed by atoms with Crippen molar-refractivity contribution in [2.75, 3.05) is 0 Å². The van der Waals surface area contributed by atoms with Crippen LogP contribution in [0.5, 0.6) is 0 Å². The molecule has 2 atom stereocenters. The van der Waals surface area contributed by atoms with Crippen LogP contribution in [-0.4, -0.2) is 39.9 Å². The molecular weight excluding hydrogens is 413 g/mol. The minimum Gasteiger partial charge on any atom is -0.475 e. The van der Waals surface area contributed by atoms with Gasteiger partial charge >= 0.3 is 12.1 Å². The number of benzene rings is 1. The molecule has 1 heterocycles. The highest BCUT2D eigenvalue weighted by molar-refractivity contribution is 5.88. The largest absolute Gasteiger partial charge is 0.490 e. The summed E-state index contributed by atoms with van der Waals surface area (Å²) in [4.78, 5) is 35.2. The molecule has 3 N–H and O–H groups in total. The number of aliphatic carboxylic acids is 1. The molecule has 2 rings (SSSR count). The summed E-state index contributed by atoms with van der Waals surface area (Å²) in [5.74, 6) is -2.57. The number of fused-ring (bicyclic) bond motifs is 1. The van der Waals surface area contributed by atoms with E-state index in [2.05, 4.69) is 19.1 Å². The van der Waals surface area contributed by atoms with Crippen molar-refractivity contribution in [1.29, 1.82) is 0 Å². The van der Waals surface area contributed by atoms with Crippen LogP contribution in [-0.2, 0) is 27.5 Å². The predicted octanol–water partition coefficient (Wildman–Crippen LogP) is 3.83. The maximum absolute atomic E-state index is 12.4. The second-order valence-electron chi connectivity index (χ2n) is 7.36. The molecule has 6 nitrogen and oxygen atoms in total. The van der Waals surface area contributed by atoms with E-state index in [1.165, 1.54) is 11.1 Å². The number of hydrogen-bond acceptors (Lipinski definition) is 4. The molecule has 1 aromatic rings. The molecule has 1 aromatic carbocycles. The summed E-state index contributed by atoms with van der Waals surface area (Å²) in [7, 11) is 0. The number of carbonyl (C=O) groups is 3. The van der Waals surface area contributed by atoms with Crippen LogP contribution in [0.15, 0.2) is 36.4 Å². The topological polar surface area (TPSA) is 101 Å². The van der Waals surface area contributed by atoms with E-state index in [-0.39, 0.29) is 23.7 Å². The first kappa shape index (κ1) is 26.4. The molecule has 0 saturated carbocycles. The molecule has 1 aliphatic heterocycles. The molecule has 172 valence electrons. The van der Waals surface area contributed by atoms with Crippen molar-refractivity contribution in [2.24, 2.45) is 11.7 Å². The summed E-state index contributed by atoms with van der Waals surface area (Å²) < 4.78 is 31.7. The molecule has 31 heavy (non-hydrogen) atoms. The summed E-state index contributed by atoms with van der Waals surface area (Å²) in [6.07, 6.45) is 1.41. The Morgan fingerprint density at radius 1 is 1.16 bits per heavy atom. The fourth-order valence-electron chi connectivity index (χ4n) is 3.09. The highest BCUT2D eigenvalue weighted by Gasteiger charge is 2.38. The number of amides is 1. The lowest BCUT2D eigenvalue weighted by atomic mass is 9.93. The fraction of sp³-hybridized carbons (Fsp3) is 0.500. The minimum atomic E-state index is -5.08. The second kappa shape index (κ2) is 12.2. The van der Waals surface area contributed by atoms with Crippen LogP contribution in [0.4, 0.5) is 13.2 Å². The summed E-state index contributed by atoms with van der Waals surface area (Å²) in [6.45, 7) is 5.33. The van der Waals surface area contributed by atoms with Crippen molar-refractivity contribution in [3.8, 4) is 0 Å². The SMILES string of the molecule is CCC[C@@H](/C=C/C(=O)N1Cc2ccccc2C1)CC(=O)[C@@H](N)CC.O=C(O)C(F)(F)F. The number of allylic oxidation sites excluding steroid dienone is 1. The average Bonchev–Trinajstić information content (AvgIpc) is 3.15. The quantitative estimate of drug-likeness (QED) is 0.596. The number of Topliss-reactive ketones (excluding diaryl/α,β-unsaturated/α-hetero) is 1.